The lowest BCUT2D eigenvalue weighted by atomic mass is 10.1. The Morgan fingerprint density at radius 2 is 1.70 bits per heavy atom. The van der Waals surface area contributed by atoms with Crippen LogP contribution in [0.25, 0.3) is 0 Å². The smallest absolute Gasteiger partial charge is 0.274 e. The fraction of sp³-hybridized carbons (Fsp3) is 0.235. The van der Waals surface area contributed by atoms with Gasteiger partial charge in [0.25, 0.3) is 11.8 Å². The van der Waals surface area contributed by atoms with Crippen LogP contribution in [0.4, 0.5) is 5.69 Å². The number of amides is 2. The van der Waals surface area contributed by atoms with E-state index in [1.54, 1.807) is 30.3 Å². The second-order valence-electron chi connectivity index (χ2n) is 6.09. The fourth-order valence-corrected chi connectivity index (χ4v) is 1.96. The van der Waals surface area contributed by atoms with Crippen molar-refractivity contribution in [1.82, 2.24) is 10.3 Å². The zero-order valence-corrected chi connectivity index (χ0v) is 13.9. The summed E-state index contributed by atoms with van der Waals surface area (Å²) in [6, 6.07) is 9.77. The molecule has 0 unspecified atom stereocenters. The van der Waals surface area contributed by atoms with Gasteiger partial charge >= 0.3 is 0 Å². The fourth-order valence-electron chi connectivity index (χ4n) is 1.84. The van der Waals surface area contributed by atoms with Gasteiger partial charge in [0.1, 0.15) is 5.69 Å². The standard InChI is InChI=1S/C17H18ClN3O2/c1-17(2,3)21-15(22)11-8-9-19-14(10-11)16(23)20-13-6-4-12(18)5-7-13/h4-10H,1-3H3,(H,20,23)(H,21,22). The molecule has 1 heterocycles. The van der Waals surface area contributed by atoms with E-state index in [9.17, 15) is 9.59 Å². The maximum absolute atomic E-state index is 12.2. The molecule has 0 aliphatic rings. The summed E-state index contributed by atoms with van der Waals surface area (Å²) in [6.07, 6.45) is 1.44. The minimum Gasteiger partial charge on any atom is -0.347 e. The SMILES string of the molecule is CC(C)(C)NC(=O)c1ccnc(C(=O)Nc2ccc(Cl)cc2)c1. The van der Waals surface area contributed by atoms with E-state index in [0.29, 0.717) is 16.3 Å². The molecular formula is C17H18ClN3O2. The lowest BCUT2D eigenvalue weighted by Gasteiger charge is -2.20. The molecule has 120 valence electrons. The van der Waals surface area contributed by atoms with Crippen LogP contribution >= 0.6 is 11.6 Å². The molecule has 0 saturated heterocycles. The number of hydrogen-bond donors (Lipinski definition) is 2. The second-order valence-corrected chi connectivity index (χ2v) is 6.53. The third-order valence-electron chi connectivity index (χ3n) is 2.85. The van der Waals surface area contributed by atoms with Gasteiger partial charge in [-0.3, -0.25) is 14.6 Å². The molecule has 0 atom stereocenters. The summed E-state index contributed by atoms with van der Waals surface area (Å²) in [7, 11) is 0. The van der Waals surface area contributed by atoms with Crippen LogP contribution < -0.4 is 10.6 Å². The zero-order chi connectivity index (χ0) is 17.0. The first kappa shape index (κ1) is 17.0. The Hall–Kier alpha value is -2.40. The lowest BCUT2D eigenvalue weighted by molar-refractivity contribution is 0.0919. The topological polar surface area (TPSA) is 71.1 Å². The van der Waals surface area contributed by atoms with E-state index < -0.39 is 5.91 Å². The van der Waals surface area contributed by atoms with Crippen molar-refractivity contribution in [2.24, 2.45) is 0 Å². The van der Waals surface area contributed by atoms with Gasteiger partial charge in [0.05, 0.1) is 0 Å². The molecule has 2 rings (SSSR count). The Balaban J connectivity index is 2.14. The molecular weight excluding hydrogens is 314 g/mol. The third kappa shape index (κ3) is 5.07. The summed E-state index contributed by atoms with van der Waals surface area (Å²) in [4.78, 5) is 28.4. The van der Waals surface area contributed by atoms with E-state index in [4.69, 9.17) is 11.6 Å². The van der Waals surface area contributed by atoms with Gasteiger partial charge in [-0.15, -0.1) is 0 Å². The van der Waals surface area contributed by atoms with Gasteiger partial charge in [0, 0.05) is 28.0 Å². The van der Waals surface area contributed by atoms with Crippen LogP contribution in [0.2, 0.25) is 5.02 Å². The Kier molecular flexibility index (Phi) is 5.01. The number of pyridine rings is 1. The quantitative estimate of drug-likeness (QED) is 0.904. The Morgan fingerprint density at radius 3 is 2.30 bits per heavy atom. The summed E-state index contributed by atoms with van der Waals surface area (Å²) < 4.78 is 0. The van der Waals surface area contributed by atoms with E-state index in [0.717, 1.165) is 0 Å². The molecule has 2 amide bonds. The molecule has 0 saturated carbocycles. The minimum atomic E-state index is -0.391. The van der Waals surface area contributed by atoms with Gasteiger partial charge in [-0.25, -0.2) is 0 Å². The van der Waals surface area contributed by atoms with Crippen LogP contribution in [-0.2, 0) is 0 Å². The average Bonchev–Trinajstić information content (AvgIpc) is 2.48. The summed E-state index contributed by atoms with van der Waals surface area (Å²) in [5.74, 6) is -0.641. The van der Waals surface area contributed by atoms with Gasteiger partial charge in [-0.1, -0.05) is 11.6 Å². The largest absolute Gasteiger partial charge is 0.347 e. The van der Waals surface area contributed by atoms with Crippen molar-refractivity contribution in [1.29, 1.82) is 0 Å². The van der Waals surface area contributed by atoms with Crippen molar-refractivity contribution >= 4 is 29.1 Å². The summed E-state index contributed by atoms with van der Waals surface area (Å²) in [5, 5.41) is 6.14. The minimum absolute atomic E-state index is 0.168. The highest BCUT2D eigenvalue weighted by Gasteiger charge is 2.17. The molecule has 1 aromatic heterocycles. The van der Waals surface area contributed by atoms with E-state index in [-0.39, 0.29) is 17.1 Å². The van der Waals surface area contributed by atoms with E-state index in [1.165, 1.54) is 12.3 Å². The number of carbonyl (C=O) groups excluding carboxylic acids is 2. The number of benzene rings is 1. The predicted octanol–water partition coefficient (Wildman–Crippen LogP) is 3.52. The molecule has 23 heavy (non-hydrogen) atoms. The van der Waals surface area contributed by atoms with Crippen LogP contribution in [0.15, 0.2) is 42.6 Å². The normalized spacial score (nSPS) is 11.0. The monoisotopic (exact) mass is 331 g/mol. The number of nitrogens with zero attached hydrogens (tertiary/aromatic N) is 1. The number of carbonyl (C=O) groups is 2. The van der Waals surface area contributed by atoms with Gasteiger partial charge in [0.15, 0.2) is 0 Å². The number of halogens is 1. The van der Waals surface area contributed by atoms with Crippen LogP contribution in [0.5, 0.6) is 0 Å². The number of nitrogens with one attached hydrogen (secondary N) is 2. The Labute approximate surface area is 140 Å². The van der Waals surface area contributed by atoms with Gasteiger partial charge < -0.3 is 10.6 Å². The predicted molar refractivity (Wildman–Crippen MR) is 90.9 cm³/mol. The molecule has 1 aromatic carbocycles. The first-order valence-electron chi connectivity index (χ1n) is 7.10. The van der Waals surface area contributed by atoms with Crippen molar-refractivity contribution in [2.45, 2.75) is 26.3 Å². The summed E-state index contributed by atoms with van der Waals surface area (Å²) in [6.45, 7) is 5.67. The molecule has 0 spiro atoms. The number of rotatable bonds is 3. The highest BCUT2D eigenvalue weighted by atomic mass is 35.5. The van der Waals surface area contributed by atoms with Crippen molar-refractivity contribution in [3.8, 4) is 0 Å². The number of anilines is 1. The highest BCUT2D eigenvalue weighted by molar-refractivity contribution is 6.30. The maximum atomic E-state index is 12.2. The molecule has 0 aliphatic carbocycles. The van der Waals surface area contributed by atoms with Gasteiger partial charge in [-0.2, -0.15) is 0 Å². The number of aromatic nitrogens is 1. The highest BCUT2D eigenvalue weighted by Crippen LogP contribution is 2.14. The van der Waals surface area contributed by atoms with Crippen molar-refractivity contribution < 1.29 is 9.59 Å². The molecule has 0 bridgehead atoms. The van der Waals surface area contributed by atoms with Crippen LogP contribution in [0.3, 0.4) is 0 Å². The maximum Gasteiger partial charge on any atom is 0.274 e. The summed E-state index contributed by atoms with van der Waals surface area (Å²) >= 11 is 5.80. The molecule has 5 nitrogen and oxygen atoms in total. The molecule has 2 aromatic rings. The van der Waals surface area contributed by atoms with Crippen LogP contribution in [-0.4, -0.2) is 22.3 Å². The average molecular weight is 332 g/mol. The number of hydrogen-bond acceptors (Lipinski definition) is 3. The molecule has 0 fully saturated rings. The Bertz CT molecular complexity index is 721. The molecule has 2 N–H and O–H groups in total. The van der Waals surface area contributed by atoms with Gasteiger partial charge in [0.2, 0.25) is 0 Å². The van der Waals surface area contributed by atoms with Crippen molar-refractivity contribution in [2.75, 3.05) is 5.32 Å². The molecule has 0 aliphatic heterocycles. The van der Waals surface area contributed by atoms with Crippen LogP contribution in [0.1, 0.15) is 41.6 Å². The van der Waals surface area contributed by atoms with Gasteiger partial charge in [-0.05, 0) is 57.2 Å². The van der Waals surface area contributed by atoms with E-state index in [2.05, 4.69) is 15.6 Å². The van der Waals surface area contributed by atoms with Crippen molar-refractivity contribution in [3.63, 3.8) is 0 Å². The summed E-state index contributed by atoms with van der Waals surface area (Å²) in [5.41, 5.74) is 0.801. The zero-order valence-electron chi connectivity index (χ0n) is 13.2. The van der Waals surface area contributed by atoms with E-state index >= 15 is 0 Å². The van der Waals surface area contributed by atoms with Crippen molar-refractivity contribution in [3.05, 3.63) is 58.9 Å². The third-order valence-corrected chi connectivity index (χ3v) is 3.10. The lowest BCUT2D eigenvalue weighted by Crippen LogP contribution is -2.40. The van der Waals surface area contributed by atoms with Crippen LogP contribution in [0, 0.1) is 0 Å². The first-order valence-corrected chi connectivity index (χ1v) is 7.48. The second kappa shape index (κ2) is 6.79. The molecule has 0 radical (unpaired) electrons. The Morgan fingerprint density at radius 1 is 1.04 bits per heavy atom. The molecule has 6 heteroatoms. The first-order chi connectivity index (χ1) is 10.7. The van der Waals surface area contributed by atoms with E-state index in [1.807, 2.05) is 20.8 Å².